The van der Waals surface area contributed by atoms with Gasteiger partial charge in [-0.05, 0) is 44.0 Å². The molecule has 1 atom stereocenters. The van der Waals surface area contributed by atoms with Crippen molar-refractivity contribution in [3.8, 4) is 5.69 Å². The molecule has 0 radical (unpaired) electrons. The number of aryl methyl sites for hydroxylation is 1. The first-order chi connectivity index (χ1) is 13.6. The van der Waals surface area contributed by atoms with E-state index in [-0.39, 0.29) is 18.2 Å². The van der Waals surface area contributed by atoms with Crippen LogP contribution in [0.2, 0.25) is 0 Å². The Labute approximate surface area is 162 Å². The first kappa shape index (κ1) is 18.0. The van der Waals surface area contributed by atoms with Gasteiger partial charge in [0.25, 0.3) is 0 Å². The highest BCUT2D eigenvalue weighted by Crippen LogP contribution is 2.24. The molecule has 1 fully saturated rings. The molecule has 2 N–H and O–H groups in total. The summed E-state index contributed by atoms with van der Waals surface area (Å²) < 4.78 is 1.94. The van der Waals surface area contributed by atoms with Crippen LogP contribution < -0.4 is 5.32 Å². The number of anilines is 1. The van der Waals surface area contributed by atoms with Crippen LogP contribution in [0.4, 0.5) is 5.69 Å². The molecule has 1 saturated heterocycles. The topological polar surface area (TPSA) is 95.9 Å². The molecule has 28 heavy (non-hydrogen) atoms. The Hall–Kier alpha value is -3.42. The number of aromatic nitrogens is 4. The van der Waals surface area contributed by atoms with Gasteiger partial charge in [0.1, 0.15) is 11.9 Å². The van der Waals surface area contributed by atoms with E-state index in [0.29, 0.717) is 30.3 Å². The summed E-state index contributed by atoms with van der Waals surface area (Å²) in [7, 11) is 0. The maximum absolute atomic E-state index is 13.0. The number of nitrogens with zero attached hydrogens (tertiary/aromatic N) is 4. The van der Waals surface area contributed by atoms with Gasteiger partial charge in [0.15, 0.2) is 5.82 Å². The monoisotopic (exact) mass is 378 g/mol. The van der Waals surface area contributed by atoms with Crippen LogP contribution in [0.5, 0.6) is 0 Å². The Bertz CT molecular complexity index is 978. The molecule has 1 aromatic carbocycles. The molecule has 0 saturated carbocycles. The summed E-state index contributed by atoms with van der Waals surface area (Å²) in [5.74, 6) is 0.818. The number of carbonyl (C=O) groups excluding carboxylic acids is 2. The normalized spacial score (nSPS) is 16.3. The van der Waals surface area contributed by atoms with Crippen LogP contribution in [0.1, 0.15) is 24.5 Å². The van der Waals surface area contributed by atoms with E-state index in [4.69, 9.17) is 0 Å². The molecule has 1 aliphatic heterocycles. The number of para-hydroxylation sites is 2. The molecular weight excluding hydrogens is 356 g/mol. The van der Waals surface area contributed by atoms with E-state index in [9.17, 15) is 9.59 Å². The largest absolute Gasteiger partial charge is 0.330 e. The van der Waals surface area contributed by atoms with Crippen molar-refractivity contribution in [2.24, 2.45) is 0 Å². The van der Waals surface area contributed by atoms with Crippen molar-refractivity contribution in [1.29, 1.82) is 0 Å². The molecule has 2 amide bonds. The van der Waals surface area contributed by atoms with E-state index in [0.717, 1.165) is 12.1 Å². The third kappa shape index (κ3) is 3.66. The zero-order valence-corrected chi connectivity index (χ0v) is 15.6. The summed E-state index contributed by atoms with van der Waals surface area (Å²) in [5, 5.41) is 9.76. The first-order valence-corrected chi connectivity index (χ1v) is 9.32. The van der Waals surface area contributed by atoms with Gasteiger partial charge in [0.2, 0.25) is 11.8 Å². The lowest BCUT2D eigenvalue weighted by atomic mass is 10.2. The Morgan fingerprint density at radius 1 is 1.21 bits per heavy atom. The SMILES string of the molecule is Cc1nc(CC(=O)N2CCC[C@H]2C(=O)Nc2ccccc2-n2cccc2)n[nH]1. The maximum Gasteiger partial charge on any atom is 0.247 e. The highest BCUT2D eigenvalue weighted by atomic mass is 16.2. The van der Waals surface area contributed by atoms with Crippen molar-refractivity contribution in [3.63, 3.8) is 0 Å². The fourth-order valence-corrected chi connectivity index (χ4v) is 3.56. The van der Waals surface area contributed by atoms with E-state index in [2.05, 4.69) is 20.5 Å². The van der Waals surface area contributed by atoms with Crippen LogP contribution in [-0.2, 0) is 16.0 Å². The number of aromatic amines is 1. The van der Waals surface area contributed by atoms with Gasteiger partial charge in [0, 0.05) is 18.9 Å². The van der Waals surface area contributed by atoms with Gasteiger partial charge < -0.3 is 14.8 Å². The number of rotatable bonds is 5. The van der Waals surface area contributed by atoms with Gasteiger partial charge in [-0.3, -0.25) is 14.7 Å². The Kier molecular flexibility index (Phi) is 4.92. The highest BCUT2D eigenvalue weighted by Gasteiger charge is 2.34. The second-order valence-corrected chi connectivity index (χ2v) is 6.86. The van der Waals surface area contributed by atoms with Crippen molar-refractivity contribution >= 4 is 17.5 Å². The second-order valence-electron chi connectivity index (χ2n) is 6.86. The predicted molar refractivity (Wildman–Crippen MR) is 104 cm³/mol. The zero-order valence-electron chi connectivity index (χ0n) is 15.6. The molecule has 0 aliphatic carbocycles. The standard InChI is InChI=1S/C20H22N6O2/c1-14-21-18(24-23-14)13-19(27)26-12-6-9-17(26)20(28)22-15-7-2-3-8-16(15)25-10-4-5-11-25/h2-5,7-8,10-11,17H,6,9,12-13H2,1H3,(H,22,28)(H,21,23,24)/t17-/m0/s1. The molecule has 8 nitrogen and oxygen atoms in total. The quantitative estimate of drug-likeness (QED) is 0.710. The summed E-state index contributed by atoms with van der Waals surface area (Å²) in [6.45, 7) is 2.36. The number of hydrogen-bond donors (Lipinski definition) is 2. The minimum absolute atomic E-state index is 0.0913. The molecule has 0 spiro atoms. The number of H-pyrrole nitrogens is 1. The van der Waals surface area contributed by atoms with Crippen molar-refractivity contribution in [2.75, 3.05) is 11.9 Å². The maximum atomic E-state index is 13.0. The second kappa shape index (κ2) is 7.67. The Balaban J connectivity index is 1.48. The molecule has 2 aromatic heterocycles. The van der Waals surface area contributed by atoms with Crippen molar-refractivity contribution < 1.29 is 9.59 Å². The molecule has 8 heteroatoms. The molecule has 3 heterocycles. The summed E-state index contributed by atoms with van der Waals surface area (Å²) in [5.41, 5.74) is 1.60. The van der Waals surface area contributed by atoms with Gasteiger partial charge >= 0.3 is 0 Å². The fourth-order valence-electron chi connectivity index (χ4n) is 3.56. The van der Waals surface area contributed by atoms with Crippen LogP contribution in [-0.4, -0.2) is 49.0 Å². The molecule has 3 aromatic rings. The molecule has 144 valence electrons. The number of nitrogens with one attached hydrogen (secondary N) is 2. The average Bonchev–Trinajstić information content (AvgIpc) is 3.44. The average molecular weight is 378 g/mol. The summed E-state index contributed by atoms with van der Waals surface area (Å²) in [6.07, 6.45) is 5.39. The lowest BCUT2D eigenvalue weighted by Crippen LogP contribution is -2.44. The molecule has 1 aliphatic rings. The minimum Gasteiger partial charge on any atom is -0.330 e. The van der Waals surface area contributed by atoms with Crippen molar-refractivity contribution in [3.05, 3.63) is 60.4 Å². The number of amides is 2. The fraction of sp³-hybridized carbons (Fsp3) is 0.300. The van der Waals surface area contributed by atoms with E-state index >= 15 is 0 Å². The molecular formula is C20H22N6O2. The first-order valence-electron chi connectivity index (χ1n) is 9.32. The lowest BCUT2D eigenvalue weighted by Gasteiger charge is -2.24. The van der Waals surface area contributed by atoms with Gasteiger partial charge in [-0.25, -0.2) is 4.98 Å². The van der Waals surface area contributed by atoms with Crippen LogP contribution in [0.25, 0.3) is 5.69 Å². The van der Waals surface area contributed by atoms with E-state index < -0.39 is 6.04 Å². The third-order valence-electron chi connectivity index (χ3n) is 4.87. The predicted octanol–water partition coefficient (Wildman–Crippen LogP) is 2.08. The number of benzene rings is 1. The van der Waals surface area contributed by atoms with Crippen molar-refractivity contribution in [1.82, 2.24) is 24.6 Å². The van der Waals surface area contributed by atoms with Gasteiger partial charge in [-0.15, -0.1) is 0 Å². The van der Waals surface area contributed by atoms with Crippen molar-refractivity contribution in [2.45, 2.75) is 32.2 Å². The van der Waals surface area contributed by atoms with Crippen LogP contribution in [0.3, 0.4) is 0 Å². The van der Waals surface area contributed by atoms with Crippen LogP contribution in [0.15, 0.2) is 48.8 Å². The molecule has 0 unspecified atom stereocenters. The van der Waals surface area contributed by atoms with Crippen LogP contribution >= 0.6 is 0 Å². The Morgan fingerprint density at radius 2 is 2.00 bits per heavy atom. The summed E-state index contributed by atoms with van der Waals surface area (Å²) in [6, 6.07) is 11.0. The number of likely N-dealkylation sites (tertiary alicyclic amines) is 1. The van der Waals surface area contributed by atoms with Crippen LogP contribution in [0, 0.1) is 6.92 Å². The zero-order chi connectivity index (χ0) is 19.5. The summed E-state index contributed by atoms with van der Waals surface area (Å²) >= 11 is 0. The van der Waals surface area contributed by atoms with E-state index in [1.807, 2.05) is 53.4 Å². The number of carbonyl (C=O) groups is 2. The number of hydrogen-bond acceptors (Lipinski definition) is 4. The smallest absolute Gasteiger partial charge is 0.247 e. The minimum atomic E-state index is -0.481. The third-order valence-corrected chi connectivity index (χ3v) is 4.87. The van der Waals surface area contributed by atoms with Gasteiger partial charge in [0.05, 0.1) is 17.8 Å². The van der Waals surface area contributed by atoms with Gasteiger partial charge in [-0.1, -0.05) is 12.1 Å². The van der Waals surface area contributed by atoms with E-state index in [1.54, 1.807) is 11.8 Å². The summed E-state index contributed by atoms with van der Waals surface area (Å²) in [4.78, 5) is 31.5. The highest BCUT2D eigenvalue weighted by molar-refractivity contribution is 5.99. The lowest BCUT2D eigenvalue weighted by molar-refractivity contribution is -0.136. The molecule has 4 rings (SSSR count). The van der Waals surface area contributed by atoms with E-state index in [1.165, 1.54) is 0 Å². The molecule has 0 bridgehead atoms. The van der Waals surface area contributed by atoms with Gasteiger partial charge in [-0.2, -0.15) is 5.10 Å². The Morgan fingerprint density at radius 3 is 2.75 bits per heavy atom.